The molecule has 2 heterocycles. The average molecular weight is 297 g/mol. The van der Waals surface area contributed by atoms with Crippen LogP contribution in [0.2, 0.25) is 5.15 Å². The molecule has 5 nitrogen and oxygen atoms in total. The molecular weight excluding hydrogens is 280 g/mol. The Hall–Kier alpha value is -1.62. The molecule has 108 valence electrons. The van der Waals surface area contributed by atoms with Crippen molar-refractivity contribution in [2.24, 2.45) is 0 Å². The van der Waals surface area contributed by atoms with Gasteiger partial charge in [0, 0.05) is 12.7 Å². The topological polar surface area (TPSA) is 59.5 Å². The molecule has 1 aromatic rings. The van der Waals surface area contributed by atoms with E-state index in [9.17, 15) is 9.59 Å². The van der Waals surface area contributed by atoms with E-state index in [1.807, 2.05) is 0 Å². The molecule has 2 rings (SSSR count). The molecule has 0 radical (unpaired) electrons. The van der Waals surface area contributed by atoms with Gasteiger partial charge in [-0.25, -0.2) is 9.78 Å². The summed E-state index contributed by atoms with van der Waals surface area (Å²) in [6.07, 6.45) is 2.81. The van der Waals surface area contributed by atoms with Crippen LogP contribution in [0.1, 0.15) is 37.0 Å². The van der Waals surface area contributed by atoms with E-state index < -0.39 is 5.54 Å². The molecule has 0 saturated carbocycles. The van der Waals surface area contributed by atoms with E-state index in [0.29, 0.717) is 30.3 Å². The number of carbonyl (C=O) groups is 2. The highest BCUT2D eigenvalue weighted by Crippen LogP contribution is 2.31. The quantitative estimate of drug-likeness (QED) is 0.634. The van der Waals surface area contributed by atoms with Crippen molar-refractivity contribution in [2.45, 2.75) is 32.2 Å². The Balaban J connectivity index is 2.24. The van der Waals surface area contributed by atoms with E-state index >= 15 is 0 Å². The van der Waals surface area contributed by atoms with Gasteiger partial charge in [0.1, 0.15) is 10.7 Å². The normalized spacial score (nSPS) is 21.9. The third-order valence-electron chi connectivity index (χ3n) is 3.58. The van der Waals surface area contributed by atoms with E-state index in [2.05, 4.69) is 4.98 Å². The lowest BCUT2D eigenvalue weighted by Gasteiger charge is -2.32. The van der Waals surface area contributed by atoms with E-state index in [0.717, 1.165) is 6.42 Å². The highest BCUT2D eigenvalue weighted by Gasteiger charge is 2.47. The molecule has 1 amide bonds. The molecule has 0 spiro atoms. The van der Waals surface area contributed by atoms with Gasteiger partial charge in [-0.2, -0.15) is 0 Å². The van der Waals surface area contributed by atoms with Crippen LogP contribution in [-0.4, -0.2) is 40.5 Å². The van der Waals surface area contributed by atoms with Crippen molar-refractivity contribution >= 4 is 23.5 Å². The average Bonchev–Trinajstić information content (AvgIpc) is 2.82. The Bertz CT molecular complexity index is 518. The number of carbonyl (C=O) groups excluding carboxylic acids is 2. The summed E-state index contributed by atoms with van der Waals surface area (Å²) in [6.45, 7) is 4.35. The highest BCUT2D eigenvalue weighted by atomic mass is 35.5. The Morgan fingerprint density at radius 1 is 1.50 bits per heavy atom. The summed E-state index contributed by atoms with van der Waals surface area (Å²) < 4.78 is 5.09. The molecule has 0 aromatic carbocycles. The second-order valence-corrected chi connectivity index (χ2v) is 5.31. The van der Waals surface area contributed by atoms with Crippen LogP contribution >= 0.6 is 11.6 Å². The van der Waals surface area contributed by atoms with Crippen LogP contribution in [0.3, 0.4) is 0 Å². The van der Waals surface area contributed by atoms with E-state index in [1.165, 1.54) is 6.20 Å². The molecule has 0 aliphatic carbocycles. The monoisotopic (exact) mass is 296 g/mol. The van der Waals surface area contributed by atoms with Gasteiger partial charge >= 0.3 is 5.97 Å². The zero-order chi connectivity index (χ0) is 14.8. The number of likely N-dealkylation sites (tertiary alicyclic amines) is 1. The number of aromatic nitrogens is 1. The maximum atomic E-state index is 12.5. The molecular formula is C14H17ClN2O3. The van der Waals surface area contributed by atoms with Crippen LogP contribution in [-0.2, 0) is 9.53 Å². The maximum Gasteiger partial charge on any atom is 0.331 e. The van der Waals surface area contributed by atoms with Gasteiger partial charge < -0.3 is 9.64 Å². The molecule has 1 unspecified atom stereocenters. The van der Waals surface area contributed by atoms with Gasteiger partial charge in [0.05, 0.1) is 12.2 Å². The standard InChI is InChI=1S/C14H17ClN2O3/c1-3-20-13(19)14(2)7-4-8-17(14)12(18)10-5-6-11(15)16-9-10/h5-6,9H,3-4,7-8H2,1-2H3. The molecule has 1 fully saturated rings. The van der Waals surface area contributed by atoms with Crippen molar-refractivity contribution in [1.82, 2.24) is 9.88 Å². The summed E-state index contributed by atoms with van der Waals surface area (Å²) in [5.41, 5.74) is -0.473. The number of rotatable bonds is 3. The third-order valence-corrected chi connectivity index (χ3v) is 3.80. The van der Waals surface area contributed by atoms with Crippen LogP contribution in [0.5, 0.6) is 0 Å². The van der Waals surface area contributed by atoms with Gasteiger partial charge in [0.25, 0.3) is 5.91 Å². The first kappa shape index (κ1) is 14.8. The predicted octanol–water partition coefficient (Wildman–Crippen LogP) is 2.29. The van der Waals surface area contributed by atoms with Crippen molar-refractivity contribution in [2.75, 3.05) is 13.2 Å². The molecule has 20 heavy (non-hydrogen) atoms. The second kappa shape index (κ2) is 5.79. The summed E-state index contributed by atoms with van der Waals surface area (Å²) in [5.74, 6) is -0.574. The number of ether oxygens (including phenoxy) is 1. The fraction of sp³-hybridized carbons (Fsp3) is 0.500. The first-order valence-electron chi connectivity index (χ1n) is 6.60. The lowest BCUT2D eigenvalue weighted by atomic mass is 9.98. The van der Waals surface area contributed by atoms with E-state index in [4.69, 9.17) is 16.3 Å². The van der Waals surface area contributed by atoms with Gasteiger partial charge in [0.2, 0.25) is 0 Å². The van der Waals surface area contributed by atoms with Crippen molar-refractivity contribution in [3.8, 4) is 0 Å². The first-order chi connectivity index (χ1) is 9.49. The lowest BCUT2D eigenvalue weighted by Crippen LogP contribution is -2.51. The van der Waals surface area contributed by atoms with Gasteiger partial charge in [-0.15, -0.1) is 0 Å². The van der Waals surface area contributed by atoms with Crippen molar-refractivity contribution < 1.29 is 14.3 Å². The molecule has 1 atom stereocenters. The molecule has 1 aliphatic heterocycles. The summed E-state index contributed by atoms with van der Waals surface area (Å²) in [4.78, 5) is 30.1. The summed E-state index contributed by atoms with van der Waals surface area (Å²) in [6, 6.07) is 3.17. The summed E-state index contributed by atoms with van der Waals surface area (Å²) >= 11 is 5.71. The van der Waals surface area contributed by atoms with Crippen molar-refractivity contribution in [3.63, 3.8) is 0 Å². The van der Waals surface area contributed by atoms with Gasteiger partial charge in [-0.1, -0.05) is 11.6 Å². The molecule has 1 aliphatic rings. The Morgan fingerprint density at radius 3 is 2.85 bits per heavy atom. The third kappa shape index (κ3) is 2.63. The lowest BCUT2D eigenvalue weighted by molar-refractivity contribution is -0.153. The smallest absolute Gasteiger partial charge is 0.331 e. The predicted molar refractivity (Wildman–Crippen MR) is 74.6 cm³/mol. The van der Waals surface area contributed by atoms with Crippen LogP contribution in [0, 0.1) is 0 Å². The first-order valence-corrected chi connectivity index (χ1v) is 6.97. The minimum Gasteiger partial charge on any atom is -0.464 e. The molecule has 6 heteroatoms. The molecule has 1 aromatic heterocycles. The number of amides is 1. The molecule has 0 N–H and O–H groups in total. The highest BCUT2D eigenvalue weighted by molar-refractivity contribution is 6.29. The number of pyridine rings is 1. The fourth-order valence-corrected chi connectivity index (χ4v) is 2.56. The van der Waals surface area contributed by atoms with Gasteiger partial charge in [-0.3, -0.25) is 4.79 Å². The van der Waals surface area contributed by atoms with Gasteiger partial charge in [0.15, 0.2) is 0 Å². The Kier molecular flexibility index (Phi) is 4.28. The number of hydrogen-bond donors (Lipinski definition) is 0. The van der Waals surface area contributed by atoms with Crippen LogP contribution in [0.25, 0.3) is 0 Å². The van der Waals surface area contributed by atoms with Crippen LogP contribution in [0.4, 0.5) is 0 Å². The number of esters is 1. The minimum atomic E-state index is -0.896. The second-order valence-electron chi connectivity index (χ2n) is 4.92. The maximum absolute atomic E-state index is 12.5. The van der Waals surface area contributed by atoms with E-state index in [1.54, 1.807) is 30.9 Å². The van der Waals surface area contributed by atoms with E-state index in [-0.39, 0.29) is 11.9 Å². The van der Waals surface area contributed by atoms with Crippen molar-refractivity contribution in [1.29, 1.82) is 0 Å². The van der Waals surface area contributed by atoms with Crippen LogP contribution < -0.4 is 0 Å². The summed E-state index contributed by atoms with van der Waals surface area (Å²) in [7, 11) is 0. The largest absolute Gasteiger partial charge is 0.464 e. The van der Waals surface area contributed by atoms with Crippen LogP contribution in [0.15, 0.2) is 18.3 Å². The molecule has 0 bridgehead atoms. The van der Waals surface area contributed by atoms with Crippen molar-refractivity contribution in [3.05, 3.63) is 29.0 Å². The number of hydrogen-bond acceptors (Lipinski definition) is 4. The zero-order valence-electron chi connectivity index (χ0n) is 11.6. The van der Waals surface area contributed by atoms with Gasteiger partial charge in [-0.05, 0) is 38.8 Å². The fourth-order valence-electron chi connectivity index (χ4n) is 2.45. The summed E-state index contributed by atoms with van der Waals surface area (Å²) in [5, 5.41) is 0.330. The minimum absolute atomic E-state index is 0.220. The number of nitrogens with zero attached hydrogens (tertiary/aromatic N) is 2. The molecule has 1 saturated heterocycles. The Labute approximate surface area is 122 Å². The number of halogens is 1. The SMILES string of the molecule is CCOC(=O)C1(C)CCCN1C(=O)c1ccc(Cl)nc1. The zero-order valence-corrected chi connectivity index (χ0v) is 12.3. The Morgan fingerprint density at radius 2 is 2.25 bits per heavy atom.